The van der Waals surface area contributed by atoms with Crippen LogP contribution in [0.25, 0.3) is 0 Å². The second-order valence-corrected chi connectivity index (χ2v) is 8.03. The highest BCUT2D eigenvalue weighted by molar-refractivity contribution is 7.92. The fourth-order valence-corrected chi connectivity index (χ4v) is 3.72. The Morgan fingerprint density at radius 1 is 1.04 bits per heavy atom. The van der Waals surface area contributed by atoms with Crippen molar-refractivity contribution >= 4 is 39.0 Å². The van der Waals surface area contributed by atoms with Crippen LogP contribution >= 0.6 is 23.2 Å². The van der Waals surface area contributed by atoms with Crippen LogP contribution in [0.15, 0.2) is 59.6 Å². The highest BCUT2D eigenvalue weighted by Gasteiger charge is 2.18. The molecule has 0 bridgehead atoms. The zero-order valence-electron chi connectivity index (χ0n) is 13.3. The molecule has 2 aromatic carbocycles. The van der Waals surface area contributed by atoms with Crippen LogP contribution in [-0.4, -0.2) is 18.2 Å². The van der Waals surface area contributed by atoms with E-state index in [-0.39, 0.29) is 15.7 Å². The Hall–Kier alpha value is -2.02. The van der Waals surface area contributed by atoms with E-state index < -0.39 is 10.0 Å². The van der Waals surface area contributed by atoms with Gasteiger partial charge >= 0.3 is 0 Å². The quantitative estimate of drug-likeness (QED) is 0.698. The monoisotopic (exact) mass is 395 g/mol. The van der Waals surface area contributed by atoms with Gasteiger partial charge in [0.25, 0.3) is 10.0 Å². The number of hydrogen-bond acceptors (Lipinski definition) is 3. The van der Waals surface area contributed by atoms with E-state index in [0.717, 1.165) is 11.1 Å². The van der Waals surface area contributed by atoms with Crippen molar-refractivity contribution in [3.05, 3.63) is 75.9 Å². The van der Waals surface area contributed by atoms with Gasteiger partial charge in [0.2, 0.25) is 0 Å². The summed E-state index contributed by atoms with van der Waals surface area (Å²) < 4.78 is 28.9. The number of aryl methyl sites for hydroxylation is 1. The minimum absolute atomic E-state index is 0.0781. The molecule has 0 saturated heterocycles. The minimum Gasteiger partial charge on any atom is -0.265 e. The molecule has 3 rings (SSSR count). The Morgan fingerprint density at radius 3 is 2.40 bits per heavy atom. The summed E-state index contributed by atoms with van der Waals surface area (Å²) in [6.45, 7) is 2.27. The topological polar surface area (TPSA) is 64.0 Å². The van der Waals surface area contributed by atoms with Gasteiger partial charge in [0.1, 0.15) is 5.02 Å². The summed E-state index contributed by atoms with van der Waals surface area (Å²) in [5, 5.41) is 5.03. The average molecular weight is 396 g/mol. The summed E-state index contributed by atoms with van der Waals surface area (Å²) in [4.78, 5) is 0.148. The lowest BCUT2D eigenvalue weighted by molar-refractivity contribution is 0.600. The molecule has 0 atom stereocenters. The van der Waals surface area contributed by atoms with E-state index >= 15 is 0 Å². The molecule has 0 radical (unpaired) electrons. The van der Waals surface area contributed by atoms with Crippen LogP contribution in [0.4, 0.5) is 5.82 Å². The van der Waals surface area contributed by atoms with Gasteiger partial charge in [0, 0.05) is 11.2 Å². The Labute approximate surface area is 156 Å². The molecule has 8 heteroatoms. The third kappa shape index (κ3) is 4.15. The third-order valence-corrected chi connectivity index (χ3v) is 5.57. The lowest BCUT2D eigenvalue weighted by Gasteiger charge is -2.06. The highest BCUT2D eigenvalue weighted by Crippen LogP contribution is 2.24. The van der Waals surface area contributed by atoms with Crippen molar-refractivity contribution in [3.8, 4) is 0 Å². The van der Waals surface area contributed by atoms with Crippen molar-refractivity contribution < 1.29 is 8.42 Å². The number of anilines is 1. The Bertz CT molecular complexity index is 999. The Balaban J connectivity index is 1.83. The van der Waals surface area contributed by atoms with Gasteiger partial charge < -0.3 is 0 Å². The summed E-state index contributed by atoms with van der Waals surface area (Å²) in [5.41, 5.74) is 1.83. The maximum atomic E-state index is 12.4. The van der Waals surface area contributed by atoms with Gasteiger partial charge in [-0.05, 0) is 30.7 Å². The minimum atomic E-state index is -3.76. The number of benzene rings is 2. The molecule has 1 N–H and O–H groups in total. The molecule has 1 heterocycles. The van der Waals surface area contributed by atoms with Crippen molar-refractivity contribution in [2.75, 3.05) is 4.72 Å². The molecule has 1 aromatic heterocycles. The normalized spacial score (nSPS) is 11.5. The number of aromatic nitrogens is 2. The summed E-state index contributed by atoms with van der Waals surface area (Å²) in [7, 11) is -3.76. The van der Waals surface area contributed by atoms with Crippen LogP contribution in [0.1, 0.15) is 11.1 Å². The van der Waals surface area contributed by atoms with Crippen LogP contribution in [0.3, 0.4) is 0 Å². The second kappa shape index (κ2) is 7.07. The molecule has 130 valence electrons. The van der Waals surface area contributed by atoms with Crippen molar-refractivity contribution in [3.63, 3.8) is 0 Å². The molecule has 25 heavy (non-hydrogen) atoms. The molecule has 0 saturated carbocycles. The Kier molecular flexibility index (Phi) is 5.03. The molecule has 0 unspecified atom stereocenters. The molecule has 5 nitrogen and oxygen atoms in total. The van der Waals surface area contributed by atoms with Gasteiger partial charge in [-0.25, -0.2) is 8.42 Å². The Morgan fingerprint density at radius 2 is 1.72 bits per heavy atom. The number of rotatable bonds is 5. The maximum absolute atomic E-state index is 12.4. The molecule has 0 aliphatic rings. The van der Waals surface area contributed by atoms with Gasteiger partial charge in [-0.1, -0.05) is 59.1 Å². The largest absolute Gasteiger partial charge is 0.265 e. The molecule has 3 aromatic rings. The van der Waals surface area contributed by atoms with Crippen LogP contribution < -0.4 is 4.72 Å². The predicted molar refractivity (Wildman–Crippen MR) is 99.8 cm³/mol. The first kappa shape index (κ1) is 17.8. The van der Waals surface area contributed by atoms with E-state index in [1.807, 2.05) is 25.1 Å². The average Bonchev–Trinajstić information content (AvgIpc) is 2.89. The SMILES string of the molecule is Cc1ccc(S(=O)(=O)Nc2nn(Cc3ccccc3Cl)cc2Cl)cc1. The van der Waals surface area contributed by atoms with Crippen LogP contribution in [0.5, 0.6) is 0 Å². The predicted octanol–water partition coefficient (Wildman–Crippen LogP) is 4.35. The van der Waals surface area contributed by atoms with Crippen LogP contribution in [-0.2, 0) is 16.6 Å². The first-order chi connectivity index (χ1) is 11.8. The zero-order valence-corrected chi connectivity index (χ0v) is 15.6. The van der Waals surface area contributed by atoms with E-state index in [9.17, 15) is 8.42 Å². The summed E-state index contributed by atoms with van der Waals surface area (Å²) in [6, 6.07) is 13.9. The molecule has 0 amide bonds. The number of nitrogens with one attached hydrogen (secondary N) is 1. The zero-order chi connectivity index (χ0) is 18.0. The first-order valence-corrected chi connectivity index (χ1v) is 9.65. The number of halogens is 2. The van der Waals surface area contributed by atoms with E-state index in [4.69, 9.17) is 23.2 Å². The number of hydrogen-bond donors (Lipinski definition) is 1. The molecular formula is C17H15Cl2N3O2S. The van der Waals surface area contributed by atoms with Crippen molar-refractivity contribution in [1.29, 1.82) is 0 Å². The lowest BCUT2D eigenvalue weighted by Crippen LogP contribution is -2.14. The lowest BCUT2D eigenvalue weighted by atomic mass is 10.2. The summed E-state index contributed by atoms with van der Waals surface area (Å²) in [5.74, 6) is 0.0781. The standard InChI is InChI=1S/C17H15Cl2N3O2S/c1-12-6-8-14(9-7-12)25(23,24)21-17-16(19)11-22(20-17)10-13-4-2-3-5-15(13)18/h2-9,11H,10H2,1H3,(H,20,21). The molecule has 0 spiro atoms. The fraction of sp³-hybridized carbons (Fsp3) is 0.118. The maximum Gasteiger partial charge on any atom is 0.263 e. The highest BCUT2D eigenvalue weighted by atomic mass is 35.5. The number of sulfonamides is 1. The van der Waals surface area contributed by atoms with Crippen molar-refractivity contribution in [2.24, 2.45) is 0 Å². The van der Waals surface area contributed by atoms with Crippen LogP contribution in [0.2, 0.25) is 10.0 Å². The summed E-state index contributed by atoms with van der Waals surface area (Å²) in [6.07, 6.45) is 1.55. The van der Waals surface area contributed by atoms with Gasteiger partial charge in [0.15, 0.2) is 5.82 Å². The molecule has 0 aliphatic heterocycles. The van der Waals surface area contributed by atoms with Crippen molar-refractivity contribution in [2.45, 2.75) is 18.4 Å². The van der Waals surface area contributed by atoms with E-state index in [2.05, 4.69) is 9.82 Å². The van der Waals surface area contributed by atoms with Gasteiger partial charge in [0.05, 0.1) is 11.4 Å². The van der Waals surface area contributed by atoms with Crippen molar-refractivity contribution in [1.82, 2.24) is 9.78 Å². The third-order valence-electron chi connectivity index (χ3n) is 3.57. The van der Waals surface area contributed by atoms with Gasteiger partial charge in [-0.15, -0.1) is 0 Å². The van der Waals surface area contributed by atoms with Gasteiger partial charge in [-0.3, -0.25) is 9.40 Å². The van der Waals surface area contributed by atoms with E-state index in [1.54, 1.807) is 24.4 Å². The summed E-state index contributed by atoms with van der Waals surface area (Å²) >= 11 is 12.3. The first-order valence-electron chi connectivity index (χ1n) is 7.41. The fourth-order valence-electron chi connectivity index (χ4n) is 2.25. The van der Waals surface area contributed by atoms with E-state index in [1.165, 1.54) is 16.8 Å². The second-order valence-electron chi connectivity index (χ2n) is 5.53. The van der Waals surface area contributed by atoms with E-state index in [0.29, 0.717) is 11.6 Å². The molecule has 0 fully saturated rings. The van der Waals surface area contributed by atoms with Crippen LogP contribution in [0, 0.1) is 6.92 Å². The molecule has 0 aliphatic carbocycles. The smallest absolute Gasteiger partial charge is 0.263 e. The molecular weight excluding hydrogens is 381 g/mol. The number of nitrogens with zero attached hydrogens (tertiary/aromatic N) is 2. The van der Waals surface area contributed by atoms with Gasteiger partial charge in [-0.2, -0.15) is 5.10 Å².